The van der Waals surface area contributed by atoms with Crippen LogP contribution in [0.15, 0.2) is 54.9 Å². The van der Waals surface area contributed by atoms with Crippen molar-refractivity contribution in [3.8, 4) is 11.3 Å². The van der Waals surface area contributed by atoms with E-state index >= 15 is 0 Å². The first-order chi connectivity index (χ1) is 17.9. The van der Waals surface area contributed by atoms with Gasteiger partial charge in [0.2, 0.25) is 0 Å². The lowest BCUT2D eigenvalue weighted by atomic mass is 9.98. The second kappa shape index (κ2) is 14.1. The summed E-state index contributed by atoms with van der Waals surface area (Å²) in [6.07, 6.45) is 9.89. The van der Waals surface area contributed by atoms with E-state index in [-0.39, 0.29) is 11.7 Å². The van der Waals surface area contributed by atoms with E-state index in [1.54, 1.807) is 12.1 Å². The van der Waals surface area contributed by atoms with E-state index in [2.05, 4.69) is 20.0 Å². The zero-order chi connectivity index (χ0) is 26.6. The molecule has 1 aliphatic rings. The highest BCUT2D eigenvalue weighted by atomic mass is 19.1. The van der Waals surface area contributed by atoms with E-state index in [0.29, 0.717) is 24.8 Å². The normalized spacial score (nSPS) is 13.3. The van der Waals surface area contributed by atoms with Gasteiger partial charge in [-0.05, 0) is 49.2 Å². The Morgan fingerprint density at radius 3 is 2.35 bits per heavy atom. The molecule has 1 N–H and O–H groups in total. The molecular formula is C27H28F3N3O4. The van der Waals surface area contributed by atoms with Crippen molar-refractivity contribution in [2.75, 3.05) is 19.0 Å². The number of nitrogens with zero attached hydrogens (tertiary/aromatic N) is 2. The van der Waals surface area contributed by atoms with Crippen molar-refractivity contribution in [2.45, 2.75) is 44.6 Å². The van der Waals surface area contributed by atoms with E-state index in [0.717, 1.165) is 43.2 Å². The van der Waals surface area contributed by atoms with Crippen molar-refractivity contribution in [3.05, 3.63) is 78.0 Å². The molecule has 0 spiro atoms. The highest BCUT2D eigenvalue weighted by Crippen LogP contribution is 2.27. The van der Waals surface area contributed by atoms with Crippen LogP contribution in [0, 0.1) is 17.5 Å². The van der Waals surface area contributed by atoms with Crippen LogP contribution < -0.4 is 5.32 Å². The van der Waals surface area contributed by atoms with Gasteiger partial charge in [0.1, 0.15) is 28.8 Å². The molecular weight excluding hydrogens is 487 g/mol. The number of esters is 1. The first-order valence-electron chi connectivity index (χ1n) is 11.9. The van der Waals surface area contributed by atoms with Crippen molar-refractivity contribution < 1.29 is 32.2 Å². The van der Waals surface area contributed by atoms with Crippen LogP contribution in [0.1, 0.15) is 49.0 Å². The number of hydrogen-bond acceptors (Lipinski definition) is 6. The standard InChI is InChI=1S/C17H10F3N3O.C10H18O3/c18-11-4-1-5-12(19)15(11)16-13(20)6-7-14(23-16)17(24)22-10-3-2-8-21-9-10;1-12-10(11)7-8-13-9-5-3-2-4-6-9/h1-9H,(H,22,24);9H,2-8H2,1H3. The highest BCUT2D eigenvalue weighted by molar-refractivity contribution is 6.03. The summed E-state index contributed by atoms with van der Waals surface area (Å²) in [5, 5.41) is 2.51. The summed E-state index contributed by atoms with van der Waals surface area (Å²) in [7, 11) is 1.41. The smallest absolute Gasteiger partial charge is 0.307 e. The molecule has 0 aliphatic heterocycles. The second-order valence-electron chi connectivity index (χ2n) is 8.28. The fourth-order valence-corrected chi connectivity index (χ4v) is 3.74. The minimum atomic E-state index is -0.966. The average Bonchev–Trinajstić information content (AvgIpc) is 2.91. The lowest BCUT2D eigenvalue weighted by Gasteiger charge is -2.21. The maximum atomic E-state index is 14.0. The summed E-state index contributed by atoms with van der Waals surface area (Å²) in [6, 6.07) is 8.42. The van der Waals surface area contributed by atoms with Crippen LogP contribution in [0.25, 0.3) is 11.3 Å². The molecule has 0 bridgehead atoms. The number of ether oxygens (including phenoxy) is 2. The molecule has 0 atom stereocenters. The van der Waals surface area contributed by atoms with Crippen molar-refractivity contribution in [1.29, 1.82) is 0 Å². The number of nitrogens with one attached hydrogen (secondary N) is 1. The number of hydrogen-bond donors (Lipinski definition) is 1. The number of amides is 1. The Morgan fingerprint density at radius 2 is 1.70 bits per heavy atom. The minimum absolute atomic E-state index is 0.182. The number of aromatic nitrogens is 2. The summed E-state index contributed by atoms with van der Waals surface area (Å²) in [5.41, 5.74) is -0.958. The molecule has 1 fully saturated rings. The maximum absolute atomic E-state index is 14.0. The summed E-state index contributed by atoms with van der Waals surface area (Å²) >= 11 is 0. The van der Waals surface area contributed by atoms with Crippen LogP contribution in [-0.2, 0) is 14.3 Å². The molecule has 2 aromatic heterocycles. The second-order valence-corrected chi connectivity index (χ2v) is 8.28. The van der Waals surface area contributed by atoms with Crippen LogP contribution in [-0.4, -0.2) is 41.7 Å². The van der Waals surface area contributed by atoms with E-state index in [1.807, 2.05) is 0 Å². The fraction of sp³-hybridized carbons (Fsp3) is 0.333. The molecule has 0 saturated heterocycles. The Balaban J connectivity index is 0.000000248. The Labute approximate surface area is 213 Å². The van der Waals surface area contributed by atoms with Gasteiger partial charge in [-0.25, -0.2) is 18.2 Å². The molecule has 37 heavy (non-hydrogen) atoms. The lowest BCUT2D eigenvalue weighted by molar-refractivity contribution is -0.142. The number of rotatable bonds is 7. The fourth-order valence-electron chi connectivity index (χ4n) is 3.74. The first-order valence-corrected chi connectivity index (χ1v) is 11.9. The largest absolute Gasteiger partial charge is 0.469 e. The third-order valence-corrected chi connectivity index (χ3v) is 5.64. The van der Waals surface area contributed by atoms with Crippen LogP contribution in [0.5, 0.6) is 0 Å². The van der Waals surface area contributed by atoms with Gasteiger partial charge < -0.3 is 14.8 Å². The summed E-state index contributed by atoms with van der Waals surface area (Å²) in [6.45, 7) is 0.511. The first kappa shape index (κ1) is 27.8. The van der Waals surface area contributed by atoms with Gasteiger partial charge in [0, 0.05) is 6.20 Å². The quantitative estimate of drug-likeness (QED) is 0.405. The Kier molecular flexibility index (Phi) is 10.6. The summed E-state index contributed by atoms with van der Waals surface area (Å²) < 4.78 is 51.7. The maximum Gasteiger partial charge on any atom is 0.307 e. The third-order valence-electron chi connectivity index (χ3n) is 5.64. The van der Waals surface area contributed by atoms with Gasteiger partial charge >= 0.3 is 5.97 Å². The highest BCUT2D eigenvalue weighted by Gasteiger charge is 2.19. The van der Waals surface area contributed by atoms with Gasteiger partial charge in [0.05, 0.1) is 43.7 Å². The summed E-state index contributed by atoms with van der Waals surface area (Å²) in [5.74, 6) is -3.70. The number of benzene rings is 1. The predicted molar refractivity (Wildman–Crippen MR) is 131 cm³/mol. The topological polar surface area (TPSA) is 90.4 Å². The SMILES string of the molecule is COC(=O)CCOC1CCCCC1.O=C(Nc1cccnc1)c1ccc(F)c(-c2c(F)cccc2F)n1. The van der Waals surface area contributed by atoms with E-state index in [4.69, 9.17) is 4.74 Å². The van der Waals surface area contributed by atoms with Crippen molar-refractivity contribution in [3.63, 3.8) is 0 Å². The molecule has 10 heteroatoms. The van der Waals surface area contributed by atoms with Crippen LogP contribution in [0.4, 0.5) is 18.9 Å². The molecule has 0 radical (unpaired) electrons. The van der Waals surface area contributed by atoms with Crippen molar-refractivity contribution >= 4 is 17.6 Å². The van der Waals surface area contributed by atoms with E-state index in [1.165, 1.54) is 38.8 Å². The molecule has 0 unspecified atom stereocenters. The minimum Gasteiger partial charge on any atom is -0.469 e. The molecule has 196 valence electrons. The number of halogens is 3. The number of carbonyl (C=O) groups excluding carboxylic acids is 2. The number of pyridine rings is 2. The van der Waals surface area contributed by atoms with Gasteiger partial charge in [-0.1, -0.05) is 25.3 Å². The van der Waals surface area contributed by atoms with E-state index < -0.39 is 34.6 Å². The molecule has 1 aliphatic carbocycles. The zero-order valence-electron chi connectivity index (χ0n) is 20.4. The van der Waals surface area contributed by atoms with Crippen LogP contribution in [0.3, 0.4) is 0 Å². The number of methoxy groups -OCH3 is 1. The monoisotopic (exact) mass is 515 g/mol. The van der Waals surface area contributed by atoms with E-state index in [9.17, 15) is 22.8 Å². The van der Waals surface area contributed by atoms with Gasteiger partial charge in [-0.2, -0.15) is 0 Å². The molecule has 1 amide bonds. The lowest BCUT2D eigenvalue weighted by Crippen LogP contribution is -2.18. The van der Waals surface area contributed by atoms with Gasteiger partial charge in [0.25, 0.3) is 5.91 Å². The van der Waals surface area contributed by atoms with Gasteiger partial charge in [-0.15, -0.1) is 0 Å². The van der Waals surface area contributed by atoms with Gasteiger partial charge in [0.15, 0.2) is 0 Å². The molecule has 2 heterocycles. The Hall–Kier alpha value is -3.79. The number of anilines is 1. The zero-order valence-corrected chi connectivity index (χ0v) is 20.4. The Morgan fingerprint density at radius 1 is 0.973 bits per heavy atom. The van der Waals surface area contributed by atoms with Crippen LogP contribution >= 0.6 is 0 Å². The average molecular weight is 516 g/mol. The van der Waals surface area contributed by atoms with Crippen molar-refractivity contribution in [2.24, 2.45) is 0 Å². The molecule has 7 nitrogen and oxygen atoms in total. The molecule has 4 rings (SSSR count). The Bertz CT molecular complexity index is 1170. The van der Waals surface area contributed by atoms with Crippen LogP contribution in [0.2, 0.25) is 0 Å². The summed E-state index contributed by atoms with van der Waals surface area (Å²) in [4.78, 5) is 30.5. The molecule has 3 aromatic rings. The third kappa shape index (κ3) is 8.38. The molecule has 1 saturated carbocycles. The number of carbonyl (C=O) groups is 2. The van der Waals surface area contributed by atoms with Crippen molar-refractivity contribution in [1.82, 2.24) is 9.97 Å². The molecule has 1 aromatic carbocycles. The predicted octanol–water partition coefficient (Wildman–Crippen LogP) is 5.71. The van der Waals surface area contributed by atoms with Gasteiger partial charge in [-0.3, -0.25) is 14.6 Å².